The summed E-state index contributed by atoms with van der Waals surface area (Å²) in [5, 5.41) is 0. The van der Waals surface area contributed by atoms with Gasteiger partial charge in [-0.3, -0.25) is 0 Å². The zero-order valence-corrected chi connectivity index (χ0v) is 15.6. The molecule has 2 heteroatoms. The summed E-state index contributed by atoms with van der Waals surface area (Å²) < 4.78 is 19.8. The monoisotopic (exact) mass is 334 g/mol. The number of benzene rings is 1. The minimum absolute atomic E-state index is 0.181. The molecule has 1 aromatic carbocycles. The highest BCUT2D eigenvalue weighted by Gasteiger charge is 2.26. The molecule has 0 saturated heterocycles. The number of halogens is 1. The highest BCUT2D eigenvalue weighted by atomic mass is 19.1. The van der Waals surface area contributed by atoms with Crippen molar-refractivity contribution in [1.29, 1.82) is 0 Å². The van der Waals surface area contributed by atoms with Crippen molar-refractivity contribution in [2.45, 2.75) is 77.8 Å². The number of alkyl halides is 1. The second kappa shape index (κ2) is 10.7. The molecule has 0 spiro atoms. The molecule has 0 radical (unpaired) electrons. The molecule has 1 aliphatic carbocycles. The van der Waals surface area contributed by atoms with Crippen molar-refractivity contribution >= 4 is 0 Å². The molecule has 136 valence electrons. The average molecular weight is 335 g/mol. The first-order valence-corrected chi connectivity index (χ1v) is 10.0. The number of ether oxygens (including phenoxy) is 1. The fourth-order valence-corrected chi connectivity index (χ4v) is 4.10. The van der Waals surface area contributed by atoms with Crippen LogP contribution in [0.2, 0.25) is 0 Å². The highest BCUT2D eigenvalue weighted by Crippen LogP contribution is 2.37. The van der Waals surface area contributed by atoms with E-state index >= 15 is 0 Å². The van der Waals surface area contributed by atoms with Crippen LogP contribution in [0.3, 0.4) is 0 Å². The van der Waals surface area contributed by atoms with Crippen molar-refractivity contribution in [2.75, 3.05) is 6.61 Å². The van der Waals surface area contributed by atoms with Gasteiger partial charge in [-0.1, -0.05) is 70.6 Å². The molecule has 1 saturated carbocycles. The maximum Gasteiger partial charge on any atom is 0.134 e. The average Bonchev–Trinajstić information content (AvgIpc) is 2.61. The Morgan fingerprint density at radius 2 is 1.79 bits per heavy atom. The molecule has 1 aliphatic rings. The summed E-state index contributed by atoms with van der Waals surface area (Å²) in [5.74, 6) is 2.88. The maximum absolute atomic E-state index is 14.3. The predicted molar refractivity (Wildman–Crippen MR) is 100 cm³/mol. The van der Waals surface area contributed by atoms with Crippen molar-refractivity contribution in [3.63, 3.8) is 0 Å². The largest absolute Gasteiger partial charge is 0.491 e. The topological polar surface area (TPSA) is 9.23 Å². The van der Waals surface area contributed by atoms with Gasteiger partial charge < -0.3 is 4.74 Å². The van der Waals surface area contributed by atoms with Gasteiger partial charge in [0.1, 0.15) is 18.5 Å². The molecule has 24 heavy (non-hydrogen) atoms. The third-order valence-corrected chi connectivity index (χ3v) is 5.71. The molecule has 1 fully saturated rings. The Labute approximate surface area is 148 Å². The van der Waals surface area contributed by atoms with Crippen molar-refractivity contribution in [3.8, 4) is 5.75 Å². The molecule has 0 amide bonds. The van der Waals surface area contributed by atoms with Crippen LogP contribution in [0.15, 0.2) is 30.3 Å². The highest BCUT2D eigenvalue weighted by molar-refractivity contribution is 5.20. The Balaban J connectivity index is 1.62. The lowest BCUT2D eigenvalue weighted by atomic mass is 9.74. The van der Waals surface area contributed by atoms with E-state index in [9.17, 15) is 4.39 Å². The van der Waals surface area contributed by atoms with Crippen LogP contribution in [0.25, 0.3) is 0 Å². The fourth-order valence-electron chi connectivity index (χ4n) is 4.10. The first-order chi connectivity index (χ1) is 11.7. The van der Waals surface area contributed by atoms with E-state index in [1.165, 1.54) is 51.4 Å². The third-order valence-electron chi connectivity index (χ3n) is 5.71. The molecule has 2 rings (SSSR count). The lowest BCUT2D eigenvalue weighted by Crippen LogP contribution is -2.24. The summed E-state index contributed by atoms with van der Waals surface area (Å²) >= 11 is 0. The van der Waals surface area contributed by atoms with Crippen LogP contribution >= 0.6 is 0 Å². The molecule has 1 aromatic rings. The van der Waals surface area contributed by atoms with Crippen molar-refractivity contribution in [2.24, 2.45) is 17.8 Å². The SMILES string of the molecule is CCCCC[C@H]1CC[C@H](C(C)CC(F)COc2ccccc2)CC1. The molecule has 2 atom stereocenters. The van der Waals surface area contributed by atoms with Crippen molar-refractivity contribution in [3.05, 3.63) is 30.3 Å². The van der Waals surface area contributed by atoms with Crippen molar-refractivity contribution in [1.82, 2.24) is 0 Å². The van der Waals surface area contributed by atoms with Crippen LogP contribution < -0.4 is 4.74 Å². The number of hydrogen-bond donors (Lipinski definition) is 0. The van der Waals surface area contributed by atoms with Gasteiger partial charge in [0, 0.05) is 0 Å². The van der Waals surface area contributed by atoms with E-state index in [4.69, 9.17) is 4.74 Å². The maximum atomic E-state index is 14.3. The summed E-state index contributed by atoms with van der Waals surface area (Å²) in [5.41, 5.74) is 0. The van der Waals surface area contributed by atoms with Crippen LogP contribution in [0, 0.1) is 17.8 Å². The van der Waals surface area contributed by atoms with Gasteiger partial charge in [0.2, 0.25) is 0 Å². The Kier molecular flexibility index (Phi) is 8.63. The summed E-state index contributed by atoms with van der Waals surface area (Å²) in [6.45, 7) is 4.69. The van der Waals surface area contributed by atoms with Crippen LogP contribution in [0.5, 0.6) is 5.75 Å². The number of unbranched alkanes of at least 4 members (excludes halogenated alkanes) is 2. The standard InChI is InChI=1S/C22H35FO/c1-3-4-6-9-19-12-14-20(15-13-19)18(2)16-21(23)17-24-22-10-7-5-8-11-22/h5,7-8,10-11,18-21H,3-4,6,9,12-17H2,1-2H3/t18?,19-,20-,21?. The summed E-state index contributed by atoms with van der Waals surface area (Å²) in [6.07, 6.45) is 10.6. The third kappa shape index (κ3) is 6.83. The van der Waals surface area contributed by atoms with Crippen LogP contribution in [-0.2, 0) is 0 Å². The van der Waals surface area contributed by atoms with Crippen LogP contribution in [0.4, 0.5) is 4.39 Å². The second-order valence-corrected chi connectivity index (χ2v) is 7.71. The zero-order valence-electron chi connectivity index (χ0n) is 15.6. The van der Waals surface area contributed by atoms with E-state index in [1.807, 2.05) is 30.3 Å². The smallest absolute Gasteiger partial charge is 0.134 e. The lowest BCUT2D eigenvalue weighted by Gasteiger charge is -2.33. The number of para-hydroxylation sites is 1. The van der Waals surface area contributed by atoms with Gasteiger partial charge in [0.15, 0.2) is 0 Å². The van der Waals surface area contributed by atoms with Gasteiger partial charge >= 0.3 is 0 Å². The molecule has 0 aromatic heterocycles. The van der Waals surface area contributed by atoms with Crippen LogP contribution in [0.1, 0.15) is 71.6 Å². The quantitative estimate of drug-likeness (QED) is 0.427. The first-order valence-electron chi connectivity index (χ1n) is 10.0. The minimum atomic E-state index is -0.859. The molecule has 1 nitrogen and oxygen atoms in total. The van der Waals surface area contributed by atoms with Gasteiger partial charge in [-0.25, -0.2) is 4.39 Å². The molecule has 0 bridgehead atoms. The summed E-state index contributed by atoms with van der Waals surface area (Å²) in [6, 6.07) is 9.56. The predicted octanol–water partition coefficient (Wildman–Crippen LogP) is 6.82. The van der Waals surface area contributed by atoms with Gasteiger partial charge in [-0.05, 0) is 49.1 Å². The van der Waals surface area contributed by atoms with E-state index < -0.39 is 6.17 Å². The fraction of sp³-hybridized carbons (Fsp3) is 0.727. The molecule has 2 unspecified atom stereocenters. The normalized spacial score (nSPS) is 23.6. The van der Waals surface area contributed by atoms with E-state index in [2.05, 4.69) is 13.8 Å². The van der Waals surface area contributed by atoms with Crippen molar-refractivity contribution < 1.29 is 9.13 Å². The molecular weight excluding hydrogens is 299 g/mol. The Bertz CT molecular complexity index is 425. The Morgan fingerprint density at radius 3 is 2.46 bits per heavy atom. The molecule has 0 aliphatic heterocycles. The van der Waals surface area contributed by atoms with E-state index in [1.54, 1.807) is 0 Å². The number of rotatable bonds is 10. The number of hydrogen-bond acceptors (Lipinski definition) is 1. The van der Waals surface area contributed by atoms with E-state index in [-0.39, 0.29) is 6.61 Å². The lowest BCUT2D eigenvalue weighted by molar-refractivity contribution is 0.132. The van der Waals surface area contributed by atoms with Gasteiger partial charge in [-0.15, -0.1) is 0 Å². The van der Waals surface area contributed by atoms with E-state index in [0.717, 1.165) is 11.7 Å². The Hall–Kier alpha value is -1.05. The van der Waals surface area contributed by atoms with Gasteiger partial charge in [0.05, 0.1) is 0 Å². The molecule has 0 heterocycles. The van der Waals surface area contributed by atoms with Gasteiger partial charge in [0.25, 0.3) is 0 Å². The Morgan fingerprint density at radius 1 is 1.08 bits per heavy atom. The van der Waals surface area contributed by atoms with Gasteiger partial charge in [-0.2, -0.15) is 0 Å². The minimum Gasteiger partial charge on any atom is -0.491 e. The summed E-state index contributed by atoms with van der Waals surface area (Å²) in [4.78, 5) is 0. The molecule has 0 N–H and O–H groups in total. The van der Waals surface area contributed by atoms with Crippen LogP contribution in [-0.4, -0.2) is 12.8 Å². The first kappa shape index (κ1) is 19.3. The zero-order chi connectivity index (χ0) is 17.2. The molecular formula is C22H35FO. The second-order valence-electron chi connectivity index (χ2n) is 7.71. The summed E-state index contributed by atoms with van der Waals surface area (Å²) in [7, 11) is 0. The van der Waals surface area contributed by atoms with E-state index in [0.29, 0.717) is 18.3 Å².